The van der Waals surface area contributed by atoms with Crippen LogP contribution in [0, 0.1) is 13.8 Å². The molecule has 134 valence electrons. The second-order valence-electron chi connectivity index (χ2n) is 6.05. The van der Waals surface area contributed by atoms with Crippen LogP contribution in [-0.2, 0) is 21.4 Å². The second-order valence-corrected chi connectivity index (χ2v) is 8.03. The largest absolute Gasteiger partial charge is 0.326 e. The van der Waals surface area contributed by atoms with E-state index < -0.39 is 10.0 Å². The molecule has 1 aromatic heterocycles. The molecular weight excluding hydrogens is 338 g/mol. The molecule has 0 unspecified atom stereocenters. The van der Waals surface area contributed by atoms with Crippen LogP contribution >= 0.6 is 0 Å². The summed E-state index contributed by atoms with van der Waals surface area (Å²) in [4.78, 5) is 16.1. The van der Waals surface area contributed by atoms with Gasteiger partial charge in [0, 0.05) is 37.6 Å². The first-order valence-corrected chi connectivity index (χ1v) is 9.81. The van der Waals surface area contributed by atoms with Crippen LogP contribution in [0.4, 0.5) is 5.69 Å². The van der Waals surface area contributed by atoms with Gasteiger partial charge >= 0.3 is 0 Å². The molecule has 1 aromatic carbocycles. The summed E-state index contributed by atoms with van der Waals surface area (Å²) in [6.45, 7) is 4.32. The number of amides is 1. The molecule has 0 aliphatic carbocycles. The fourth-order valence-electron chi connectivity index (χ4n) is 2.32. The van der Waals surface area contributed by atoms with E-state index in [1.807, 2.05) is 32.0 Å². The van der Waals surface area contributed by atoms with Crippen LogP contribution in [0.1, 0.15) is 23.1 Å². The van der Waals surface area contributed by atoms with Gasteiger partial charge in [0.1, 0.15) is 0 Å². The van der Waals surface area contributed by atoms with Crippen molar-refractivity contribution < 1.29 is 13.2 Å². The SMILES string of the molecule is Cc1ccc(NC(=O)CCN(Cc2ccncc2)S(C)(=O)=O)cc1C. The van der Waals surface area contributed by atoms with Gasteiger partial charge in [0.2, 0.25) is 15.9 Å². The maximum atomic E-state index is 12.1. The van der Waals surface area contributed by atoms with Crippen molar-refractivity contribution in [3.8, 4) is 0 Å². The topological polar surface area (TPSA) is 79.4 Å². The summed E-state index contributed by atoms with van der Waals surface area (Å²) in [5.41, 5.74) is 3.79. The predicted molar refractivity (Wildman–Crippen MR) is 98.7 cm³/mol. The zero-order valence-corrected chi connectivity index (χ0v) is 15.5. The summed E-state index contributed by atoms with van der Waals surface area (Å²) >= 11 is 0. The number of carbonyl (C=O) groups is 1. The van der Waals surface area contributed by atoms with Crippen molar-refractivity contribution in [2.75, 3.05) is 18.1 Å². The Hall–Kier alpha value is -2.25. The molecule has 0 bridgehead atoms. The molecule has 0 saturated heterocycles. The molecule has 6 nitrogen and oxygen atoms in total. The molecule has 0 spiro atoms. The Labute approximate surface area is 148 Å². The van der Waals surface area contributed by atoms with Gasteiger partial charge in [0.15, 0.2) is 0 Å². The molecule has 2 rings (SSSR count). The van der Waals surface area contributed by atoms with E-state index in [9.17, 15) is 13.2 Å². The monoisotopic (exact) mass is 361 g/mol. The lowest BCUT2D eigenvalue weighted by Crippen LogP contribution is -2.32. The van der Waals surface area contributed by atoms with E-state index in [0.717, 1.165) is 22.9 Å². The minimum atomic E-state index is -3.41. The minimum Gasteiger partial charge on any atom is -0.326 e. The van der Waals surface area contributed by atoms with Gasteiger partial charge in [-0.15, -0.1) is 0 Å². The molecule has 1 amide bonds. The fourth-order valence-corrected chi connectivity index (χ4v) is 3.13. The molecule has 0 atom stereocenters. The van der Waals surface area contributed by atoms with Gasteiger partial charge in [0.05, 0.1) is 6.26 Å². The molecule has 0 radical (unpaired) electrons. The van der Waals surface area contributed by atoms with Gasteiger partial charge in [0.25, 0.3) is 0 Å². The molecule has 1 heterocycles. The molecule has 7 heteroatoms. The second kappa shape index (κ2) is 8.22. The molecule has 0 fully saturated rings. The zero-order valence-electron chi connectivity index (χ0n) is 14.7. The van der Waals surface area contributed by atoms with Crippen molar-refractivity contribution in [2.24, 2.45) is 0 Å². The summed E-state index contributed by atoms with van der Waals surface area (Å²) in [7, 11) is -3.41. The maximum absolute atomic E-state index is 12.1. The third-order valence-corrected chi connectivity index (χ3v) is 5.21. The van der Waals surface area contributed by atoms with E-state index in [-0.39, 0.29) is 25.4 Å². The quantitative estimate of drug-likeness (QED) is 0.822. The van der Waals surface area contributed by atoms with Crippen LogP contribution in [0.2, 0.25) is 0 Å². The summed E-state index contributed by atoms with van der Waals surface area (Å²) in [6.07, 6.45) is 4.46. The summed E-state index contributed by atoms with van der Waals surface area (Å²) in [5.74, 6) is -0.216. The number of sulfonamides is 1. The molecule has 25 heavy (non-hydrogen) atoms. The lowest BCUT2D eigenvalue weighted by Gasteiger charge is -2.19. The third kappa shape index (κ3) is 5.95. The zero-order chi connectivity index (χ0) is 18.4. The number of hydrogen-bond acceptors (Lipinski definition) is 4. The predicted octanol–water partition coefficient (Wildman–Crippen LogP) is 2.49. The number of aromatic nitrogens is 1. The fraction of sp³-hybridized carbons (Fsp3) is 0.333. The maximum Gasteiger partial charge on any atom is 0.225 e. The average molecular weight is 361 g/mol. The first kappa shape index (κ1) is 19.1. The highest BCUT2D eigenvalue weighted by molar-refractivity contribution is 7.88. The van der Waals surface area contributed by atoms with Gasteiger partial charge in [-0.1, -0.05) is 6.07 Å². The summed E-state index contributed by atoms with van der Waals surface area (Å²) in [5, 5.41) is 2.81. The van der Waals surface area contributed by atoms with E-state index in [1.165, 1.54) is 4.31 Å². The van der Waals surface area contributed by atoms with Gasteiger partial charge in [-0.3, -0.25) is 9.78 Å². The first-order valence-electron chi connectivity index (χ1n) is 7.97. The van der Waals surface area contributed by atoms with Crippen molar-refractivity contribution in [1.82, 2.24) is 9.29 Å². The van der Waals surface area contributed by atoms with Crippen LogP contribution in [0.15, 0.2) is 42.7 Å². The van der Waals surface area contributed by atoms with E-state index in [2.05, 4.69) is 10.3 Å². The van der Waals surface area contributed by atoms with Crippen molar-refractivity contribution in [2.45, 2.75) is 26.8 Å². The van der Waals surface area contributed by atoms with Crippen LogP contribution < -0.4 is 5.32 Å². The van der Waals surface area contributed by atoms with E-state index in [1.54, 1.807) is 24.5 Å². The van der Waals surface area contributed by atoms with Gasteiger partial charge in [-0.2, -0.15) is 4.31 Å². The molecular formula is C18H23N3O3S. The normalized spacial score (nSPS) is 11.5. The van der Waals surface area contributed by atoms with Crippen molar-refractivity contribution >= 4 is 21.6 Å². The Kier molecular flexibility index (Phi) is 6.27. The Morgan fingerprint density at radius 1 is 1.12 bits per heavy atom. The Balaban J connectivity index is 1.97. The Morgan fingerprint density at radius 2 is 1.80 bits per heavy atom. The third-order valence-electron chi connectivity index (χ3n) is 3.96. The lowest BCUT2D eigenvalue weighted by atomic mass is 10.1. The Bertz CT molecular complexity index is 836. The van der Waals surface area contributed by atoms with Crippen LogP contribution in [0.5, 0.6) is 0 Å². The molecule has 0 aliphatic heterocycles. The van der Waals surface area contributed by atoms with Crippen LogP contribution in [0.3, 0.4) is 0 Å². The number of hydrogen-bond donors (Lipinski definition) is 1. The van der Waals surface area contributed by atoms with Gasteiger partial charge in [-0.25, -0.2) is 8.42 Å². The number of nitrogens with one attached hydrogen (secondary N) is 1. The average Bonchev–Trinajstić information content (AvgIpc) is 2.55. The van der Waals surface area contributed by atoms with Crippen molar-refractivity contribution in [3.63, 3.8) is 0 Å². The van der Waals surface area contributed by atoms with E-state index in [4.69, 9.17) is 0 Å². The van der Waals surface area contributed by atoms with E-state index >= 15 is 0 Å². The van der Waals surface area contributed by atoms with Crippen LogP contribution in [0.25, 0.3) is 0 Å². The number of carbonyl (C=O) groups excluding carboxylic acids is 1. The van der Waals surface area contributed by atoms with E-state index in [0.29, 0.717) is 5.69 Å². The molecule has 1 N–H and O–H groups in total. The lowest BCUT2D eigenvalue weighted by molar-refractivity contribution is -0.116. The minimum absolute atomic E-state index is 0.0884. The summed E-state index contributed by atoms with van der Waals surface area (Å²) < 4.78 is 25.2. The number of nitrogens with zero attached hydrogens (tertiary/aromatic N) is 2. The smallest absolute Gasteiger partial charge is 0.225 e. The number of rotatable bonds is 7. The summed E-state index contributed by atoms with van der Waals surface area (Å²) in [6, 6.07) is 9.20. The number of aryl methyl sites for hydroxylation is 2. The number of benzene rings is 1. The first-order chi connectivity index (χ1) is 11.8. The molecule has 2 aromatic rings. The Morgan fingerprint density at radius 3 is 2.40 bits per heavy atom. The molecule has 0 saturated carbocycles. The van der Waals surface area contributed by atoms with Gasteiger partial charge < -0.3 is 5.32 Å². The highest BCUT2D eigenvalue weighted by atomic mass is 32.2. The van der Waals surface area contributed by atoms with Crippen molar-refractivity contribution in [1.29, 1.82) is 0 Å². The van der Waals surface area contributed by atoms with Gasteiger partial charge in [-0.05, 0) is 54.8 Å². The standard InChI is InChI=1S/C18H23N3O3S/c1-14-4-5-17(12-15(14)2)20-18(22)8-11-21(25(3,23)24)13-16-6-9-19-10-7-16/h4-7,9-10,12H,8,11,13H2,1-3H3,(H,20,22). The number of pyridine rings is 1. The van der Waals surface area contributed by atoms with Crippen molar-refractivity contribution in [3.05, 3.63) is 59.4 Å². The molecule has 0 aliphatic rings. The highest BCUT2D eigenvalue weighted by Gasteiger charge is 2.18. The highest BCUT2D eigenvalue weighted by Crippen LogP contribution is 2.15. The van der Waals surface area contributed by atoms with Crippen LogP contribution in [-0.4, -0.2) is 36.4 Å². The number of anilines is 1.